The molecule has 5 nitrogen and oxygen atoms in total. The molecular weight excluding hydrogens is 262 g/mol. The Hall–Kier alpha value is -2.61. The zero-order chi connectivity index (χ0) is 15.2. The summed E-state index contributed by atoms with van der Waals surface area (Å²) in [5.41, 5.74) is 2.38. The van der Waals surface area contributed by atoms with Crippen LogP contribution in [-0.4, -0.2) is 16.0 Å². The van der Waals surface area contributed by atoms with E-state index in [1.165, 1.54) is 0 Å². The van der Waals surface area contributed by atoms with Gasteiger partial charge in [0.2, 0.25) is 5.95 Å². The summed E-state index contributed by atoms with van der Waals surface area (Å²) in [5.74, 6) is 1.36. The molecule has 108 valence electrons. The van der Waals surface area contributed by atoms with Crippen LogP contribution in [0.25, 0.3) is 0 Å². The molecule has 0 radical (unpaired) electrons. The topological polar surface area (TPSA) is 73.6 Å². The SMILES string of the molecule is CCC(C)Nc1cc(C)nc(Nc2ccc(C#N)cc2)n1. The third-order valence-corrected chi connectivity index (χ3v) is 3.13. The largest absolute Gasteiger partial charge is 0.367 e. The molecule has 0 aliphatic carbocycles. The minimum absolute atomic E-state index is 0.363. The molecular formula is C16H19N5. The number of hydrogen-bond acceptors (Lipinski definition) is 5. The van der Waals surface area contributed by atoms with Crippen LogP contribution in [0.3, 0.4) is 0 Å². The van der Waals surface area contributed by atoms with E-state index in [-0.39, 0.29) is 0 Å². The Balaban J connectivity index is 2.17. The molecule has 0 aliphatic heterocycles. The van der Waals surface area contributed by atoms with Crippen LogP contribution in [0.5, 0.6) is 0 Å². The van der Waals surface area contributed by atoms with Gasteiger partial charge in [-0.1, -0.05) is 6.92 Å². The van der Waals surface area contributed by atoms with Gasteiger partial charge in [-0.2, -0.15) is 10.2 Å². The van der Waals surface area contributed by atoms with E-state index in [1.54, 1.807) is 12.1 Å². The van der Waals surface area contributed by atoms with Gasteiger partial charge in [0.15, 0.2) is 0 Å². The van der Waals surface area contributed by atoms with Crippen molar-refractivity contribution in [3.63, 3.8) is 0 Å². The summed E-state index contributed by atoms with van der Waals surface area (Å²) < 4.78 is 0. The van der Waals surface area contributed by atoms with E-state index in [0.717, 1.165) is 23.6 Å². The lowest BCUT2D eigenvalue weighted by atomic mass is 10.2. The van der Waals surface area contributed by atoms with Crippen LogP contribution in [0.4, 0.5) is 17.5 Å². The number of benzene rings is 1. The van der Waals surface area contributed by atoms with E-state index in [1.807, 2.05) is 25.1 Å². The molecule has 1 aromatic heterocycles. The first kappa shape index (κ1) is 14.8. The molecule has 0 saturated heterocycles. The molecule has 0 aliphatic rings. The van der Waals surface area contributed by atoms with Crippen molar-refractivity contribution in [2.75, 3.05) is 10.6 Å². The summed E-state index contributed by atoms with van der Waals surface area (Å²) in [5, 5.41) is 15.3. The van der Waals surface area contributed by atoms with E-state index < -0.39 is 0 Å². The number of aromatic nitrogens is 2. The molecule has 0 bridgehead atoms. The van der Waals surface area contributed by atoms with Crippen LogP contribution in [-0.2, 0) is 0 Å². The number of aryl methyl sites for hydroxylation is 1. The van der Waals surface area contributed by atoms with Crippen LogP contribution in [0.2, 0.25) is 0 Å². The highest BCUT2D eigenvalue weighted by atomic mass is 15.1. The number of nitrogens with zero attached hydrogens (tertiary/aromatic N) is 3. The van der Waals surface area contributed by atoms with Crippen LogP contribution in [0.1, 0.15) is 31.5 Å². The van der Waals surface area contributed by atoms with Gasteiger partial charge in [-0.05, 0) is 44.5 Å². The molecule has 1 heterocycles. The third kappa shape index (κ3) is 4.18. The van der Waals surface area contributed by atoms with Crippen molar-refractivity contribution < 1.29 is 0 Å². The first-order valence-corrected chi connectivity index (χ1v) is 7.00. The first-order valence-electron chi connectivity index (χ1n) is 7.00. The number of anilines is 3. The molecule has 21 heavy (non-hydrogen) atoms. The van der Waals surface area contributed by atoms with Crippen molar-refractivity contribution in [2.45, 2.75) is 33.2 Å². The lowest BCUT2D eigenvalue weighted by Gasteiger charge is -2.14. The Labute approximate surface area is 125 Å². The zero-order valence-corrected chi connectivity index (χ0v) is 12.5. The van der Waals surface area contributed by atoms with Gasteiger partial charge in [0.25, 0.3) is 0 Å². The molecule has 1 unspecified atom stereocenters. The maximum Gasteiger partial charge on any atom is 0.229 e. The van der Waals surface area contributed by atoms with E-state index in [0.29, 0.717) is 17.6 Å². The predicted octanol–water partition coefficient (Wildman–Crippen LogP) is 3.61. The van der Waals surface area contributed by atoms with Gasteiger partial charge >= 0.3 is 0 Å². The fourth-order valence-electron chi connectivity index (χ4n) is 1.81. The highest BCUT2D eigenvalue weighted by molar-refractivity contribution is 5.56. The maximum atomic E-state index is 8.79. The Morgan fingerprint density at radius 3 is 2.57 bits per heavy atom. The van der Waals surface area contributed by atoms with Crippen molar-refractivity contribution in [1.29, 1.82) is 5.26 Å². The summed E-state index contributed by atoms with van der Waals surface area (Å²) in [6, 6.07) is 11.6. The van der Waals surface area contributed by atoms with Gasteiger partial charge in [-0.15, -0.1) is 0 Å². The normalized spacial score (nSPS) is 11.5. The minimum Gasteiger partial charge on any atom is -0.367 e. The number of hydrogen-bond donors (Lipinski definition) is 2. The van der Waals surface area contributed by atoms with Crippen molar-refractivity contribution in [3.8, 4) is 6.07 Å². The minimum atomic E-state index is 0.363. The lowest BCUT2D eigenvalue weighted by molar-refractivity contribution is 0.758. The van der Waals surface area contributed by atoms with Crippen LogP contribution >= 0.6 is 0 Å². The van der Waals surface area contributed by atoms with Gasteiger partial charge in [-0.3, -0.25) is 0 Å². The van der Waals surface area contributed by atoms with E-state index in [2.05, 4.69) is 40.5 Å². The zero-order valence-electron chi connectivity index (χ0n) is 12.5. The molecule has 1 atom stereocenters. The Morgan fingerprint density at radius 1 is 1.24 bits per heavy atom. The second-order valence-electron chi connectivity index (χ2n) is 4.99. The first-order chi connectivity index (χ1) is 10.1. The Kier molecular flexibility index (Phi) is 4.72. The molecule has 1 aromatic carbocycles. The summed E-state index contributed by atoms with van der Waals surface area (Å²) in [7, 11) is 0. The predicted molar refractivity (Wildman–Crippen MR) is 84.6 cm³/mol. The highest BCUT2D eigenvalue weighted by Gasteiger charge is 2.05. The average molecular weight is 281 g/mol. The van der Waals surface area contributed by atoms with Crippen LogP contribution < -0.4 is 10.6 Å². The van der Waals surface area contributed by atoms with E-state index in [9.17, 15) is 0 Å². The van der Waals surface area contributed by atoms with Gasteiger partial charge in [0, 0.05) is 23.5 Å². The fraction of sp³-hybridized carbons (Fsp3) is 0.312. The lowest BCUT2D eigenvalue weighted by Crippen LogP contribution is -2.15. The second kappa shape index (κ2) is 6.71. The summed E-state index contributed by atoms with van der Waals surface area (Å²) in [6.07, 6.45) is 1.03. The monoisotopic (exact) mass is 281 g/mol. The Bertz CT molecular complexity index is 643. The molecule has 0 saturated carbocycles. The van der Waals surface area contributed by atoms with Crippen LogP contribution in [0.15, 0.2) is 30.3 Å². The molecule has 0 fully saturated rings. The van der Waals surface area contributed by atoms with E-state index in [4.69, 9.17) is 5.26 Å². The van der Waals surface area contributed by atoms with Crippen LogP contribution in [0, 0.1) is 18.3 Å². The maximum absolute atomic E-state index is 8.79. The number of nitriles is 1. The molecule has 0 amide bonds. The van der Waals surface area contributed by atoms with Crippen molar-refractivity contribution in [1.82, 2.24) is 9.97 Å². The van der Waals surface area contributed by atoms with E-state index >= 15 is 0 Å². The van der Waals surface area contributed by atoms with Gasteiger partial charge in [0.05, 0.1) is 11.6 Å². The quantitative estimate of drug-likeness (QED) is 0.875. The van der Waals surface area contributed by atoms with Gasteiger partial charge < -0.3 is 10.6 Å². The molecule has 0 spiro atoms. The molecule has 2 aromatic rings. The highest BCUT2D eigenvalue weighted by Crippen LogP contribution is 2.17. The number of rotatable bonds is 5. The Morgan fingerprint density at radius 2 is 1.95 bits per heavy atom. The molecule has 2 N–H and O–H groups in total. The molecule has 2 rings (SSSR count). The fourth-order valence-corrected chi connectivity index (χ4v) is 1.81. The average Bonchev–Trinajstić information content (AvgIpc) is 2.47. The van der Waals surface area contributed by atoms with Crippen molar-refractivity contribution in [2.24, 2.45) is 0 Å². The van der Waals surface area contributed by atoms with Gasteiger partial charge in [0.1, 0.15) is 5.82 Å². The molecule has 5 heteroatoms. The standard InChI is InChI=1S/C16H19N5/c1-4-11(2)18-15-9-12(3)19-16(21-15)20-14-7-5-13(10-17)6-8-14/h5-9,11H,4H2,1-3H3,(H2,18,19,20,21). The van der Waals surface area contributed by atoms with Crippen molar-refractivity contribution >= 4 is 17.5 Å². The summed E-state index contributed by atoms with van der Waals surface area (Å²) in [4.78, 5) is 8.84. The third-order valence-electron chi connectivity index (χ3n) is 3.13. The van der Waals surface area contributed by atoms with Gasteiger partial charge in [-0.25, -0.2) is 4.98 Å². The second-order valence-corrected chi connectivity index (χ2v) is 4.99. The number of nitrogens with one attached hydrogen (secondary N) is 2. The van der Waals surface area contributed by atoms with Crippen molar-refractivity contribution in [3.05, 3.63) is 41.6 Å². The smallest absolute Gasteiger partial charge is 0.229 e. The summed E-state index contributed by atoms with van der Waals surface area (Å²) >= 11 is 0. The summed E-state index contributed by atoms with van der Waals surface area (Å²) in [6.45, 7) is 6.18.